The van der Waals surface area contributed by atoms with E-state index < -0.39 is 246 Å². The number of aliphatic hydroxyl groups excluding tert-OH is 13. The highest BCUT2D eigenvalue weighted by Gasteiger charge is 2.54. The third-order valence-electron chi connectivity index (χ3n) is 18.0. The number of aliphatic imine (C=N–C) groups is 2. The minimum atomic E-state index is -2.35. The molecular formula is C61H90N12O26. The van der Waals surface area contributed by atoms with Crippen molar-refractivity contribution in [3.63, 3.8) is 0 Å². The summed E-state index contributed by atoms with van der Waals surface area (Å²) in [7, 11) is 0. The molecule has 550 valence electrons. The molecule has 25 unspecified atom stereocenters. The van der Waals surface area contributed by atoms with Crippen molar-refractivity contribution >= 4 is 53.3 Å². The van der Waals surface area contributed by atoms with Crippen LogP contribution in [-0.4, -0.2) is 317 Å². The fourth-order valence-corrected chi connectivity index (χ4v) is 12.1. The van der Waals surface area contributed by atoms with Crippen molar-refractivity contribution in [2.24, 2.45) is 21.5 Å². The number of carbonyl (C=O) groups is 7. The Morgan fingerprint density at radius 3 is 1.89 bits per heavy atom. The Balaban J connectivity index is 1.07. The molecule has 38 heteroatoms. The molecule has 4 saturated heterocycles. The number of amides is 6. The fourth-order valence-electron chi connectivity index (χ4n) is 12.1. The van der Waals surface area contributed by atoms with Gasteiger partial charge < -0.3 is 148 Å². The monoisotopic (exact) mass is 1410 g/mol. The molecular weight excluding hydrogens is 1320 g/mol. The quantitative estimate of drug-likeness (QED) is 0.0363. The predicted octanol–water partition coefficient (Wildman–Crippen LogP) is -11.1. The van der Waals surface area contributed by atoms with E-state index in [2.05, 4.69) is 47.2 Å². The lowest BCUT2D eigenvalue weighted by atomic mass is 9.92. The second kappa shape index (κ2) is 35.1. The molecule has 38 nitrogen and oxygen atoms in total. The molecule has 25 atom stereocenters. The van der Waals surface area contributed by atoms with Gasteiger partial charge in [0.1, 0.15) is 128 Å². The second-order valence-electron chi connectivity index (χ2n) is 24.9. The largest absolute Gasteiger partial charge is 0.463 e. The Labute approximate surface area is 566 Å². The molecule has 0 spiro atoms. The number of nitrogens with zero attached hydrogens (tertiary/aromatic N) is 3. The number of rotatable bonds is 23. The van der Waals surface area contributed by atoms with Gasteiger partial charge in [-0.2, -0.15) is 0 Å². The molecule has 0 saturated carbocycles. The first-order valence-electron chi connectivity index (χ1n) is 32.3. The maximum Gasteiger partial charge on any atom is 0.305 e. The minimum absolute atomic E-state index is 0.0751. The van der Waals surface area contributed by atoms with E-state index in [0.717, 1.165) is 24.2 Å². The first-order valence-corrected chi connectivity index (χ1v) is 32.3. The van der Waals surface area contributed by atoms with E-state index in [9.17, 15) is 90.4 Å². The second-order valence-corrected chi connectivity index (χ2v) is 24.9. The lowest BCUT2D eigenvalue weighted by molar-refractivity contribution is -0.352. The zero-order valence-corrected chi connectivity index (χ0v) is 53.9. The summed E-state index contributed by atoms with van der Waals surface area (Å²) in [5.74, 6) is -9.65. The lowest BCUT2D eigenvalue weighted by Gasteiger charge is -2.46. The zero-order valence-electron chi connectivity index (χ0n) is 53.9. The van der Waals surface area contributed by atoms with Crippen molar-refractivity contribution < 1.29 is 128 Å². The average molecular weight is 1410 g/mol. The molecule has 6 heterocycles. The highest BCUT2D eigenvalue weighted by molar-refractivity contribution is 5.98. The summed E-state index contributed by atoms with van der Waals surface area (Å²) in [6.07, 6.45) is -28.8. The Morgan fingerprint density at radius 1 is 0.616 bits per heavy atom. The van der Waals surface area contributed by atoms with Gasteiger partial charge >= 0.3 is 5.97 Å². The number of aliphatic hydroxyl groups is 13. The van der Waals surface area contributed by atoms with Crippen LogP contribution in [0.15, 0.2) is 64.6 Å². The van der Waals surface area contributed by atoms with Gasteiger partial charge in [0.25, 0.3) is 0 Å². The Morgan fingerprint density at radius 2 is 1.23 bits per heavy atom. The van der Waals surface area contributed by atoms with Gasteiger partial charge in [-0.3, -0.25) is 43.5 Å². The molecule has 6 aliphatic heterocycles. The number of nitrogens with one attached hydrogen (secondary N) is 7. The van der Waals surface area contributed by atoms with E-state index in [-0.39, 0.29) is 30.2 Å². The van der Waals surface area contributed by atoms with E-state index in [1.165, 1.54) is 24.3 Å². The van der Waals surface area contributed by atoms with E-state index in [0.29, 0.717) is 12.0 Å². The topological polar surface area (TPSA) is 602 Å². The number of ether oxygens (including phenoxy) is 6. The van der Waals surface area contributed by atoms with Crippen LogP contribution >= 0.6 is 0 Å². The first-order chi connectivity index (χ1) is 47.2. The number of hydrogen-bond acceptors (Lipinski definition) is 32. The van der Waals surface area contributed by atoms with Crippen LogP contribution in [0.25, 0.3) is 0 Å². The molecule has 0 bridgehead atoms. The van der Waals surface area contributed by atoms with Crippen LogP contribution < -0.4 is 53.4 Å². The van der Waals surface area contributed by atoms with Crippen LogP contribution in [0.2, 0.25) is 0 Å². The van der Waals surface area contributed by atoms with Gasteiger partial charge in [0, 0.05) is 18.8 Å². The van der Waals surface area contributed by atoms with Crippen LogP contribution in [-0.2, 0) is 63.7 Å². The van der Waals surface area contributed by atoms with Crippen LogP contribution in [0.1, 0.15) is 63.0 Å². The number of hydrogen-bond donors (Lipinski definition) is 22. The van der Waals surface area contributed by atoms with Crippen molar-refractivity contribution in [2.75, 3.05) is 46.1 Å². The molecule has 0 aromatic heterocycles. The van der Waals surface area contributed by atoms with Crippen LogP contribution in [0.3, 0.4) is 0 Å². The van der Waals surface area contributed by atoms with Crippen molar-refractivity contribution in [3.8, 4) is 5.75 Å². The van der Waals surface area contributed by atoms with Gasteiger partial charge in [-0.25, -0.2) is 0 Å². The highest BCUT2D eigenvalue weighted by atomic mass is 16.7. The zero-order chi connectivity index (χ0) is 72.1. The lowest BCUT2D eigenvalue weighted by Crippen LogP contribution is -2.70. The number of benzene rings is 2. The molecule has 2 aromatic carbocycles. The summed E-state index contributed by atoms with van der Waals surface area (Å²) in [5, 5.41) is 160. The van der Waals surface area contributed by atoms with Crippen molar-refractivity contribution in [3.05, 3.63) is 65.7 Å². The van der Waals surface area contributed by atoms with E-state index in [1.54, 1.807) is 37.3 Å². The molecule has 8 rings (SSSR count). The van der Waals surface area contributed by atoms with Gasteiger partial charge in [0.15, 0.2) is 24.4 Å². The van der Waals surface area contributed by atoms with Crippen molar-refractivity contribution in [1.29, 1.82) is 0 Å². The number of guanidine groups is 2. The molecule has 0 aliphatic carbocycles. The third-order valence-corrected chi connectivity index (χ3v) is 18.0. The normalized spacial score (nSPS) is 35.4. The average Bonchev–Trinajstić information content (AvgIpc) is 1.73. The fraction of sp³-hybridized carbons (Fsp3) is 0.656. The molecule has 2 aromatic rings. The molecule has 24 N–H and O–H groups in total. The number of nitrogens with two attached hydrogens (primary N) is 2. The van der Waals surface area contributed by atoms with Gasteiger partial charge in [-0.1, -0.05) is 75.6 Å². The summed E-state index contributed by atoms with van der Waals surface area (Å²) < 4.78 is 34.2. The molecule has 4 fully saturated rings. The maximum absolute atomic E-state index is 15.2. The van der Waals surface area contributed by atoms with Gasteiger partial charge in [-0.15, -0.1) is 0 Å². The van der Waals surface area contributed by atoms with E-state index >= 15 is 9.59 Å². The standard InChI is InChI=1S/C61H90N12O26/c1-3-4-5-9-12-37(78)94-24-35-44(82)46(84)49(87)59(98-35)99-51-34(23-76)97-58(50(88)47(51)85)95-28-15-13-26(14-16-28)17-29-53(90)71-39(41(79)30-18-65-60(62)69-30)56(93)72-40(42(80)32-19-66-61(63)73(32)57-48(86)45(83)43(81)33(22-75)96-57)55(92)68-31(21-74)52(89)64-20-36(77)70-38(54(91)67-29)25(2)27-10-7-6-8-11-27/h6-8,10-11,13-16,25,29-35,38-51,57-59,74-76,79-88H,3-5,9,12,17-24H2,1-2H3,(H2,63,66)(H,64,89)(H,67,91)(H,68,92)(H,70,77)(H,71,90)(H,72,93)(H3,62,65,69). The van der Waals surface area contributed by atoms with E-state index in [4.69, 9.17) is 39.9 Å². The maximum atomic E-state index is 15.2. The van der Waals surface area contributed by atoms with Crippen LogP contribution in [0.5, 0.6) is 5.75 Å². The molecule has 0 radical (unpaired) electrons. The first kappa shape index (κ1) is 77.1. The Kier molecular flexibility index (Phi) is 27.4. The smallest absolute Gasteiger partial charge is 0.305 e. The van der Waals surface area contributed by atoms with Gasteiger partial charge in [0.05, 0.1) is 51.5 Å². The predicted molar refractivity (Wildman–Crippen MR) is 336 cm³/mol. The van der Waals surface area contributed by atoms with Crippen LogP contribution in [0.4, 0.5) is 0 Å². The van der Waals surface area contributed by atoms with E-state index in [1.807, 2.05) is 6.92 Å². The Bertz CT molecular complexity index is 3130. The number of esters is 1. The summed E-state index contributed by atoms with van der Waals surface area (Å²) >= 11 is 0. The van der Waals surface area contributed by atoms with Gasteiger partial charge in [0.2, 0.25) is 41.7 Å². The minimum Gasteiger partial charge on any atom is -0.463 e. The molecule has 6 aliphatic rings. The third kappa shape index (κ3) is 18.7. The number of carbonyl (C=O) groups excluding carboxylic acids is 7. The summed E-state index contributed by atoms with van der Waals surface area (Å²) in [6.45, 7) is -1.75. The highest BCUT2D eigenvalue weighted by Crippen LogP contribution is 2.33. The molecule has 6 amide bonds. The SMILES string of the molecule is CCCCCCC(=O)OCC1OC(OC2C(CO)OC(Oc3ccc(CC4NC(=O)C(C(C)c5ccccc5)NC(=O)CNC(=O)C(CO)NC(=O)C(C(O)C5CN=C(N)N5C5OC(CO)C(O)C(O)C5O)NC(=O)C(C(O)C5CN=C(N)N5)NC4=O)cc3)C(O)C2O)C(O)C(O)C1O. The summed E-state index contributed by atoms with van der Waals surface area (Å²) in [6, 6.07) is 0.766. The Hall–Kier alpha value is -7.61. The number of unbranched alkanes of at least 4 members (excludes halogenated alkanes) is 3. The van der Waals surface area contributed by atoms with Gasteiger partial charge in [-0.05, 0) is 29.7 Å². The molecule has 99 heavy (non-hydrogen) atoms. The summed E-state index contributed by atoms with van der Waals surface area (Å²) in [4.78, 5) is 109. The van der Waals surface area contributed by atoms with Crippen molar-refractivity contribution in [1.82, 2.24) is 42.1 Å². The van der Waals surface area contributed by atoms with Crippen molar-refractivity contribution in [2.45, 2.75) is 205 Å². The van der Waals surface area contributed by atoms with Crippen LogP contribution in [0, 0.1) is 0 Å². The summed E-state index contributed by atoms with van der Waals surface area (Å²) in [5.41, 5.74) is 12.8.